The summed E-state index contributed by atoms with van der Waals surface area (Å²) in [6.07, 6.45) is 0.901. The fourth-order valence-electron chi connectivity index (χ4n) is 1.54. The van der Waals surface area contributed by atoms with E-state index in [0.717, 1.165) is 17.8 Å². The Hall–Kier alpha value is -1.29. The summed E-state index contributed by atoms with van der Waals surface area (Å²) in [7, 11) is 0. The zero-order chi connectivity index (χ0) is 12.3. The van der Waals surface area contributed by atoms with Gasteiger partial charge in [0.1, 0.15) is 0 Å². The molecule has 1 heterocycles. The maximum absolute atomic E-state index is 11.9. The Bertz CT molecular complexity index is 351. The Morgan fingerprint density at radius 2 is 1.94 bits per heavy atom. The molecule has 0 radical (unpaired) electrons. The Labute approximate surface area is 96.8 Å². The number of amides is 1. The van der Waals surface area contributed by atoms with E-state index in [1.54, 1.807) is 4.68 Å². The minimum absolute atomic E-state index is 0.128. The van der Waals surface area contributed by atoms with Crippen molar-refractivity contribution in [2.24, 2.45) is 11.7 Å². The Morgan fingerprint density at radius 1 is 1.44 bits per heavy atom. The molecular formula is C12H21N3O. The lowest BCUT2D eigenvalue weighted by Crippen LogP contribution is -2.43. The number of nitrogens with one attached hydrogen (secondary N) is 1. The molecule has 0 saturated carbocycles. The first-order chi connectivity index (χ1) is 7.47. The van der Waals surface area contributed by atoms with Crippen LogP contribution in [-0.2, 0) is 4.79 Å². The predicted octanol–water partition coefficient (Wildman–Crippen LogP) is 1.55. The van der Waals surface area contributed by atoms with Crippen molar-refractivity contribution in [1.82, 2.24) is 4.68 Å². The maximum atomic E-state index is 11.9. The topological polar surface area (TPSA) is 60.1 Å². The number of carbonyl (C=O) groups excluding carboxylic acids is 1. The van der Waals surface area contributed by atoms with E-state index in [1.165, 1.54) is 0 Å². The number of aryl methyl sites for hydroxylation is 2. The van der Waals surface area contributed by atoms with E-state index >= 15 is 0 Å². The van der Waals surface area contributed by atoms with Gasteiger partial charge in [0.2, 0.25) is 0 Å². The highest BCUT2D eigenvalue weighted by Gasteiger charge is 2.20. The van der Waals surface area contributed by atoms with Crippen LogP contribution in [0, 0.1) is 19.8 Å². The molecule has 90 valence electrons. The molecule has 0 fully saturated rings. The Morgan fingerprint density at radius 3 is 2.38 bits per heavy atom. The van der Waals surface area contributed by atoms with Crippen LogP contribution in [0.2, 0.25) is 0 Å². The van der Waals surface area contributed by atoms with Gasteiger partial charge in [-0.25, -0.2) is 0 Å². The summed E-state index contributed by atoms with van der Waals surface area (Å²) in [4.78, 5) is 11.9. The van der Waals surface area contributed by atoms with Gasteiger partial charge in [0, 0.05) is 11.4 Å². The van der Waals surface area contributed by atoms with Crippen LogP contribution in [0.15, 0.2) is 12.1 Å². The summed E-state index contributed by atoms with van der Waals surface area (Å²) in [5, 5.41) is 0. The van der Waals surface area contributed by atoms with E-state index in [-0.39, 0.29) is 11.8 Å². The first-order valence-corrected chi connectivity index (χ1v) is 5.68. The average Bonchev–Trinajstić information content (AvgIpc) is 2.58. The second-order valence-corrected chi connectivity index (χ2v) is 4.34. The summed E-state index contributed by atoms with van der Waals surface area (Å²) >= 11 is 0. The Balaban J connectivity index is 2.71. The number of hydrogen-bond acceptors (Lipinski definition) is 2. The first-order valence-electron chi connectivity index (χ1n) is 5.68. The van der Waals surface area contributed by atoms with Gasteiger partial charge in [0.05, 0.1) is 6.04 Å². The lowest BCUT2D eigenvalue weighted by Gasteiger charge is -2.19. The third-order valence-corrected chi connectivity index (χ3v) is 3.05. The van der Waals surface area contributed by atoms with Gasteiger partial charge < -0.3 is 5.73 Å². The van der Waals surface area contributed by atoms with Gasteiger partial charge in [0.25, 0.3) is 5.91 Å². The van der Waals surface area contributed by atoms with Crippen molar-refractivity contribution in [2.75, 3.05) is 5.43 Å². The molecule has 4 heteroatoms. The summed E-state index contributed by atoms with van der Waals surface area (Å²) in [6.45, 7) is 7.91. The third kappa shape index (κ3) is 2.64. The standard InChI is InChI=1S/C12H21N3O/c1-5-8(2)11(13)12(16)14-15-9(3)6-7-10(15)4/h6-8,11H,5,13H2,1-4H3,(H,14,16)/t8?,11-/m0/s1. The van der Waals surface area contributed by atoms with Crippen LogP contribution in [0.4, 0.5) is 0 Å². The molecule has 0 bridgehead atoms. The van der Waals surface area contributed by atoms with Crippen molar-refractivity contribution in [3.8, 4) is 0 Å². The van der Waals surface area contributed by atoms with Crippen molar-refractivity contribution in [3.63, 3.8) is 0 Å². The molecule has 0 aromatic carbocycles. The zero-order valence-corrected chi connectivity index (χ0v) is 10.4. The fraction of sp³-hybridized carbons (Fsp3) is 0.583. The van der Waals surface area contributed by atoms with Crippen molar-refractivity contribution in [1.29, 1.82) is 0 Å². The molecule has 3 N–H and O–H groups in total. The minimum atomic E-state index is -0.453. The molecule has 1 aromatic rings. The summed E-state index contributed by atoms with van der Waals surface area (Å²) in [6, 6.07) is 3.47. The van der Waals surface area contributed by atoms with Gasteiger partial charge in [-0.05, 0) is 31.9 Å². The lowest BCUT2D eigenvalue weighted by molar-refractivity contribution is -0.119. The molecule has 4 nitrogen and oxygen atoms in total. The van der Waals surface area contributed by atoms with Crippen molar-refractivity contribution in [3.05, 3.63) is 23.5 Å². The van der Waals surface area contributed by atoms with Gasteiger partial charge >= 0.3 is 0 Å². The Kier molecular flexibility index (Phi) is 4.12. The largest absolute Gasteiger partial charge is 0.320 e. The summed E-state index contributed by atoms with van der Waals surface area (Å²) < 4.78 is 1.77. The molecule has 1 unspecified atom stereocenters. The fourth-order valence-corrected chi connectivity index (χ4v) is 1.54. The normalized spacial score (nSPS) is 14.6. The monoisotopic (exact) mass is 223 g/mol. The van der Waals surface area contributed by atoms with Crippen molar-refractivity contribution in [2.45, 2.75) is 40.2 Å². The van der Waals surface area contributed by atoms with E-state index in [1.807, 2.05) is 39.8 Å². The number of nitrogens with two attached hydrogens (primary N) is 1. The number of rotatable bonds is 4. The number of carbonyl (C=O) groups is 1. The van der Waals surface area contributed by atoms with Gasteiger partial charge in [-0.15, -0.1) is 0 Å². The van der Waals surface area contributed by atoms with Crippen LogP contribution in [0.1, 0.15) is 31.7 Å². The second-order valence-electron chi connectivity index (χ2n) is 4.34. The summed E-state index contributed by atoms with van der Waals surface area (Å²) in [5.74, 6) is 0.0629. The molecular weight excluding hydrogens is 202 g/mol. The molecule has 0 aliphatic heterocycles. The van der Waals surface area contributed by atoms with Crippen LogP contribution < -0.4 is 11.2 Å². The molecule has 1 rings (SSSR count). The lowest BCUT2D eigenvalue weighted by atomic mass is 10.00. The first kappa shape index (κ1) is 12.8. The van der Waals surface area contributed by atoms with Crippen molar-refractivity contribution < 1.29 is 4.79 Å². The SMILES string of the molecule is CCC(C)[C@H](N)C(=O)Nn1c(C)ccc1C. The van der Waals surface area contributed by atoms with Crippen molar-refractivity contribution >= 4 is 5.91 Å². The summed E-state index contributed by atoms with van der Waals surface area (Å²) in [5.41, 5.74) is 10.7. The zero-order valence-electron chi connectivity index (χ0n) is 10.4. The molecule has 16 heavy (non-hydrogen) atoms. The molecule has 1 amide bonds. The van der Waals surface area contributed by atoms with E-state index in [0.29, 0.717) is 0 Å². The van der Waals surface area contributed by atoms with Crippen LogP contribution >= 0.6 is 0 Å². The number of aromatic nitrogens is 1. The third-order valence-electron chi connectivity index (χ3n) is 3.05. The van der Waals surface area contributed by atoms with E-state index < -0.39 is 6.04 Å². The van der Waals surface area contributed by atoms with Gasteiger partial charge in [-0.2, -0.15) is 0 Å². The highest BCUT2D eigenvalue weighted by Crippen LogP contribution is 2.08. The minimum Gasteiger partial charge on any atom is -0.320 e. The van der Waals surface area contributed by atoms with E-state index in [9.17, 15) is 4.79 Å². The second kappa shape index (κ2) is 5.16. The number of hydrogen-bond donors (Lipinski definition) is 2. The molecule has 0 saturated heterocycles. The predicted molar refractivity (Wildman–Crippen MR) is 65.7 cm³/mol. The van der Waals surface area contributed by atoms with E-state index in [2.05, 4.69) is 5.43 Å². The van der Waals surface area contributed by atoms with Gasteiger partial charge in [-0.3, -0.25) is 14.9 Å². The molecule has 0 aliphatic rings. The average molecular weight is 223 g/mol. The quantitative estimate of drug-likeness (QED) is 0.813. The number of nitrogens with zero attached hydrogens (tertiary/aromatic N) is 1. The van der Waals surface area contributed by atoms with Gasteiger partial charge in [0.15, 0.2) is 0 Å². The smallest absolute Gasteiger partial charge is 0.255 e. The molecule has 0 aliphatic carbocycles. The molecule has 1 aromatic heterocycles. The highest BCUT2D eigenvalue weighted by atomic mass is 16.2. The van der Waals surface area contributed by atoms with Gasteiger partial charge in [-0.1, -0.05) is 20.3 Å². The van der Waals surface area contributed by atoms with E-state index in [4.69, 9.17) is 5.73 Å². The maximum Gasteiger partial charge on any atom is 0.255 e. The van der Waals surface area contributed by atoms with Crippen LogP contribution in [0.3, 0.4) is 0 Å². The van der Waals surface area contributed by atoms with Crippen LogP contribution in [0.25, 0.3) is 0 Å². The molecule has 2 atom stereocenters. The van der Waals surface area contributed by atoms with Crippen LogP contribution in [-0.4, -0.2) is 16.6 Å². The molecule has 0 spiro atoms. The highest BCUT2D eigenvalue weighted by molar-refractivity contribution is 5.89. The van der Waals surface area contributed by atoms with Crippen LogP contribution in [0.5, 0.6) is 0 Å².